The van der Waals surface area contributed by atoms with Crippen LogP contribution < -0.4 is 10.2 Å². The van der Waals surface area contributed by atoms with Crippen molar-refractivity contribution in [2.45, 2.75) is 20.8 Å². The van der Waals surface area contributed by atoms with Crippen molar-refractivity contribution >= 4 is 29.2 Å². The second-order valence-corrected chi connectivity index (χ2v) is 4.83. The zero-order chi connectivity index (χ0) is 15.4. The molecular weight excluding hydrogens is 293 g/mol. The molecule has 0 aliphatic rings. The molecule has 1 aromatic heterocycles. The van der Waals surface area contributed by atoms with Crippen molar-refractivity contribution in [3.8, 4) is 0 Å². The third-order valence-corrected chi connectivity index (χ3v) is 3.24. The van der Waals surface area contributed by atoms with Crippen LogP contribution in [0.2, 0.25) is 5.28 Å². The predicted molar refractivity (Wildman–Crippen MR) is 82.8 cm³/mol. The zero-order valence-electron chi connectivity index (χ0n) is 12.2. The lowest BCUT2D eigenvalue weighted by atomic mass is 10.2. The van der Waals surface area contributed by atoms with Gasteiger partial charge >= 0.3 is 0 Å². The fourth-order valence-electron chi connectivity index (χ4n) is 1.84. The monoisotopic (exact) mass is 309 g/mol. The molecule has 0 atom stereocenters. The summed E-state index contributed by atoms with van der Waals surface area (Å²) in [7, 11) is 0. The van der Waals surface area contributed by atoms with E-state index in [1.165, 1.54) is 6.07 Å². The van der Waals surface area contributed by atoms with Gasteiger partial charge in [0.25, 0.3) is 0 Å². The van der Waals surface area contributed by atoms with Gasteiger partial charge < -0.3 is 10.2 Å². The van der Waals surface area contributed by atoms with Crippen LogP contribution >= 0.6 is 11.6 Å². The number of aryl methyl sites for hydroxylation is 1. The van der Waals surface area contributed by atoms with Crippen LogP contribution in [-0.2, 0) is 0 Å². The predicted octanol–water partition coefficient (Wildman–Crippen LogP) is 3.56. The second kappa shape index (κ2) is 6.67. The molecule has 21 heavy (non-hydrogen) atoms. The molecule has 0 spiro atoms. The molecule has 0 fully saturated rings. The standard InChI is InChI=1S/C14H17ClFN5/c1-4-21(5-2)14-19-12(15)18-13(20-14)17-10-7-6-9(3)11(16)8-10/h6-8H,4-5H2,1-3H3,(H,17,18,19,20). The molecule has 0 saturated heterocycles. The number of nitrogens with one attached hydrogen (secondary N) is 1. The first-order chi connectivity index (χ1) is 10.0. The molecule has 1 aromatic carbocycles. The second-order valence-electron chi connectivity index (χ2n) is 4.49. The van der Waals surface area contributed by atoms with Gasteiger partial charge in [0, 0.05) is 18.8 Å². The molecule has 2 rings (SSSR count). The number of halogens is 2. The number of hydrogen-bond acceptors (Lipinski definition) is 5. The molecular formula is C14H17ClFN5. The maximum absolute atomic E-state index is 13.6. The van der Waals surface area contributed by atoms with Gasteiger partial charge in [0.15, 0.2) is 0 Å². The van der Waals surface area contributed by atoms with Crippen LogP contribution in [0.25, 0.3) is 0 Å². The first-order valence-electron chi connectivity index (χ1n) is 6.73. The highest BCUT2D eigenvalue weighted by molar-refractivity contribution is 6.28. The van der Waals surface area contributed by atoms with Gasteiger partial charge in [-0.2, -0.15) is 15.0 Å². The van der Waals surface area contributed by atoms with Crippen molar-refractivity contribution in [1.82, 2.24) is 15.0 Å². The summed E-state index contributed by atoms with van der Waals surface area (Å²) in [6.45, 7) is 7.23. The maximum atomic E-state index is 13.6. The van der Waals surface area contributed by atoms with E-state index in [4.69, 9.17) is 11.6 Å². The van der Waals surface area contributed by atoms with E-state index in [0.717, 1.165) is 13.1 Å². The van der Waals surface area contributed by atoms with Gasteiger partial charge in [0.2, 0.25) is 17.2 Å². The Labute approximate surface area is 128 Å². The van der Waals surface area contributed by atoms with Gasteiger partial charge in [-0.05, 0) is 50.1 Å². The first-order valence-corrected chi connectivity index (χ1v) is 7.11. The van der Waals surface area contributed by atoms with Gasteiger partial charge in [-0.3, -0.25) is 0 Å². The number of nitrogens with zero attached hydrogens (tertiary/aromatic N) is 4. The third kappa shape index (κ3) is 3.78. The number of hydrogen-bond donors (Lipinski definition) is 1. The zero-order valence-corrected chi connectivity index (χ0v) is 12.9. The minimum absolute atomic E-state index is 0.0991. The highest BCUT2D eigenvalue weighted by atomic mass is 35.5. The topological polar surface area (TPSA) is 53.9 Å². The van der Waals surface area contributed by atoms with Crippen LogP contribution in [0.15, 0.2) is 18.2 Å². The Morgan fingerprint density at radius 1 is 1.19 bits per heavy atom. The minimum atomic E-state index is -0.288. The summed E-state index contributed by atoms with van der Waals surface area (Å²) in [5.41, 5.74) is 1.14. The largest absolute Gasteiger partial charge is 0.341 e. The molecule has 0 bridgehead atoms. The molecule has 5 nitrogen and oxygen atoms in total. The summed E-state index contributed by atoms with van der Waals surface area (Å²) < 4.78 is 13.6. The van der Waals surface area contributed by atoms with Crippen molar-refractivity contribution in [3.05, 3.63) is 34.9 Å². The van der Waals surface area contributed by atoms with E-state index < -0.39 is 0 Å². The molecule has 7 heteroatoms. The number of benzene rings is 1. The maximum Gasteiger partial charge on any atom is 0.233 e. The Morgan fingerprint density at radius 2 is 1.90 bits per heavy atom. The highest BCUT2D eigenvalue weighted by Gasteiger charge is 2.10. The summed E-state index contributed by atoms with van der Waals surface area (Å²) in [5.74, 6) is 0.499. The lowest BCUT2D eigenvalue weighted by Crippen LogP contribution is -2.24. The summed E-state index contributed by atoms with van der Waals surface area (Å²) in [6, 6.07) is 4.84. The molecule has 0 unspecified atom stereocenters. The quantitative estimate of drug-likeness (QED) is 0.915. The van der Waals surface area contributed by atoms with E-state index in [1.807, 2.05) is 18.7 Å². The van der Waals surface area contributed by atoms with Gasteiger partial charge in [0.1, 0.15) is 5.82 Å². The lowest BCUT2D eigenvalue weighted by Gasteiger charge is -2.18. The normalized spacial score (nSPS) is 10.5. The Kier molecular flexibility index (Phi) is 4.90. The van der Waals surface area contributed by atoms with Crippen LogP contribution in [0.4, 0.5) is 22.0 Å². The SMILES string of the molecule is CCN(CC)c1nc(Cl)nc(Nc2ccc(C)c(F)c2)n1. The average molecular weight is 310 g/mol. The van der Waals surface area contributed by atoms with Crippen LogP contribution in [0.5, 0.6) is 0 Å². The first kappa shape index (κ1) is 15.4. The van der Waals surface area contributed by atoms with Gasteiger partial charge in [-0.1, -0.05) is 6.07 Å². The van der Waals surface area contributed by atoms with Gasteiger partial charge in [0.05, 0.1) is 0 Å². The Hall–Kier alpha value is -1.95. The smallest absolute Gasteiger partial charge is 0.233 e. The molecule has 0 aliphatic heterocycles. The molecule has 2 aromatic rings. The van der Waals surface area contributed by atoms with Crippen LogP contribution in [-0.4, -0.2) is 28.0 Å². The Morgan fingerprint density at radius 3 is 2.52 bits per heavy atom. The van der Waals surface area contributed by atoms with Crippen molar-refractivity contribution in [1.29, 1.82) is 0 Å². The van der Waals surface area contributed by atoms with Crippen LogP contribution in [0, 0.1) is 12.7 Å². The number of anilines is 3. The van der Waals surface area contributed by atoms with Crippen LogP contribution in [0.3, 0.4) is 0 Å². The van der Waals surface area contributed by atoms with Gasteiger partial charge in [-0.25, -0.2) is 4.39 Å². The molecule has 0 radical (unpaired) electrons. The van der Waals surface area contributed by atoms with Crippen molar-refractivity contribution in [3.63, 3.8) is 0 Å². The number of aromatic nitrogens is 3. The van der Waals surface area contributed by atoms with Crippen molar-refractivity contribution in [2.75, 3.05) is 23.3 Å². The highest BCUT2D eigenvalue weighted by Crippen LogP contribution is 2.19. The lowest BCUT2D eigenvalue weighted by molar-refractivity contribution is 0.619. The summed E-state index contributed by atoms with van der Waals surface area (Å²) in [4.78, 5) is 14.4. The van der Waals surface area contributed by atoms with Crippen LogP contribution in [0.1, 0.15) is 19.4 Å². The molecule has 1 N–H and O–H groups in total. The molecule has 0 saturated carbocycles. The molecule has 0 amide bonds. The molecule has 1 heterocycles. The van der Waals surface area contributed by atoms with E-state index in [-0.39, 0.29) is 11.1 Å². The van der Waals surface area contributed by atoms with E-state index >= 15 is 0 Å². The van der Waals surface area contributed by atoms with E-state index in [1.54, 1.807) is 19.1 Å². The minimum Gasteiger partial charge on any atom is -0.341 e. The fraction of sp³-hybridized carbons (Fsp3) is 0.357. The third-order valence-electron chi connectivity index (χ3n) is 3.07. The van der Waals surface area contributed by atoms with E-state index in [9.17, 15) is 4.39 Å². The summed E-state index contributed by atoms with van der Waals surface area (Å²) >= 11 is 5.93. The Bertz CT molecular complexity index is 631. The fourth-order valence-corrected chi connectivity index (χ4v) is 2.00. The van der Waals surface area contributed by atoms with Gasteiger partial charge in [-0.15, -0.1) is 0 Å². The van der Waals surface area contributed by atoms with E-state index in [2.05, 4.69) is 20.3 Å². The van der Waals surface area contributed by atoms with Crippen molar-refractivity contribution in [2.24, 2.45) is 0 Å². The Balaban J connectivity index is 2.29. The summed E-state index contributed by atoms with van der Waals surface area (Å²) in [6.07, 6.45) is 0. The average Bonchev–Trinajstić information content (AvgIpc) is 2.44. The van der Waals surface area contributed by atoms with Crippen molar-refractivity contribution < 1.29 is 4.39 Å². The number of rotatable bonds is 5. The molecule has 112 valence electrons. The molecule has 0 aliphatic carbocycles. The summed E-state index contributed by atoms with van der Waals surface area (Å²) in [5, 5.41) is 3.04. The van der Waals surface area contributed by atoms with E-state index in [0.29, 0.717) is 23.1 Å².